The van der Waals surface area contributed by atoms with E-state index in [9.17, 15) is 4.79 Å². The molecule has 1 saturated heterocycles. The van der Waals surface area contributed by atoms with Gasteiger partial charge in [-0.3, -0.25) is 14.6 Å². The number of rotatable bonds is 7. The minimum Gasteiger partial charge on any atom is -0.496 e. The molecule has 1 fully saturated rings. The predicted molar refractivity (Wildman–Crippen MR) is 92.6 cm³/mol. The number of para-hydroxylation sites is 1. The fraction of sp³-hybridized carbons (Fsp3) is 0.611. The Kier molecular flexibility index (Phi) is 6.86. The first-order valence-electron chi connectivity index (χ1n) is 8.52. The van der Waals surface area contributed by atoms with Gasteiger partial charge in [-0.05, 0) is 19.9 Å². The molecular weight excluding hydrogens is 290 g/mol. The molecule has 5 heteroatoms. The van der Waals surface area contributed by atoms with Gasteiger partial charge in [-0.25, -0.2) is 0 Å². The van der Waals surface area contributed by atoms with Crippen molar-refractivity contribution in [3.63, 3.8) is 0 Å². The van der Waals surface area contributed by atoms with Gasteiger partial charge in [-0.1, -0.05) is 18.2 Å². The van der Waals surface area contributed by atoms with E-state index in [1.807, 2.05) is 30.9 Å². The molecule has 2 rings (SSSR count). The van der Waals surface area contributed by atoms with Gasteiger partial charge >= 0.3 is 0 Å². The number of benzene rings is 1. The van der Waals surface area contributed by atoms with Gasteiger partial charge in [0, 0.05) is 51.4 Å². The number of nitrogens with zero attached hydrogens (tertiary/aromatic N) is 3. The average molecular weight is 319 g/mol. The van der Waals surface area contributed by atoms with Crippen molar-refractivity contribution in [3.05, 3.63) is 29.8 Å². The smallest absolute Gasteiger partial charge is 0.236 e. The van der Waals surface area contributed by atoms with Crippen molar-refractivity contribution in [2.75, 3.05) is 52.9 Å². The zero-order valence-electron chi connectivity index (χ0n) is 14.6. The highest BCUT2D eigenvalue weighted by Crippen LogP contribution is 2.19. The molecule has 0 spiro atoms. The van der Waals surface area contributed by atoms with E-state index in [1.54, 1.807) is 7.11 Å². The zero-order chi connectivity index (χ0) is 16.7. The van der Waals surface area contributed by atoms with E-state index in [4.69, 9.17) is 4.74 Å². The van der Waals surface area contributed by atoms with Crippen LogP contribution in [-0.2, 0) is 11.3 Å². The van der Waals surface area contributed by atoms with Crippen LogP contribution in [0, 0.1) is 0 Å². The van der Waals surface area contributed by atoms with E-state index in [0.717, 1.165) is 51.6 Å². The third-order valence-corrected chi connectivity index (χ3v) is 4.53. The maximum Gasteiger partial charge on any atom is 0.236 e. The Bertz CT molecular complexity index is 495. The Morgan fingerprint density at radius 3 is 2.30 bits per heavy atom. The van der Waals surface area contributed by atoms with Crippen LogP contribution in [-0.4, -0.2) is 73.5 Å². The number of hydrogen-bond acceptors (Lipinski definition) is 4. The highest BCUT2D eigenvalue weighted by atomic mass is 16.5. The molecule has 0 atom stereocenters. The van der Waals surface area contributed by atoms with E-state index in [1.165, 1.54) is 5.56 Å². The molecule has 1 aromatic rings. The Labute approximate surface area is 139 Å². The van der Waals surface area contributed by atoms with E-state index in [0.29, 0.717) is 6.54 Å². The van der Waals surface area contributed by atoms with Crippen molar-refractivity contribution < 1.29 is 9.53 Å². The molecule has 128 valence electrons. The van der Waals surface area contributed by atoms with Crippen LogP contribution in [0.5, 0.6) is 5.75 Å². The van der Waals surface area contributed by atoms with Gasteiger partial charge in [0.2, 0.25) is 5.91 Å². The Hall–Kier alpha value is -1.59. The fourth-order valence-electron chi connectivity index (χ4n) is 3.05. The summed E-state index contributed by atoms with van der Waals surface area (Å²) >= 11 is 0. The van der Waals surface area contributed by atoms with Crippen LogP contribution in [0.15, 0.2) is 24.3 Å². The molecule has 1 amide bonds. The summed E-state index contributed by atoms with van der Waals surface area (Å²) in [5.41, 5.74) is 1.22. The molecule has 1 heterocycles. The molecule has 1 aliphatic rings. The lowest BCUT2D eigenvalue weighted by Gasteiger charge is -2.35. The molecule has 1 aromatic carbocycles. The number of likely N-dealkylation sites (N-methyl/N-ethyl adjacent to an activating group) is 1. The second-order valence-corrected chi connectivity index (χ2v) is 5.93. The van der Waals surface area contributed by atoms with Gasteiger partial charge in [0.1, 0.15) is 5.75 Å². The molecule has 23 heavy (non-hydrogen) atoms. The van der Waals surface area contributed by atoms with Gasteiger partial charge in [-0.2, -0.15) is 0 Å². The van der Waals surface area contributed by atoms with Crippen molar-refractivity contribution in [1.29, 1.82) is 0 Å². The molecular formula is C18H29N3O2. The number of piperazine rings is 1. The van der Waals surface area contributed by atoms with Crippen LogP contribution in [0.4, 0.5) is 0 Å². The summed E-state index contributed by atoms with van der Waals surface area (Å²) in [6, 6.07) is 8.18. The summed E-state index contributed by atoms with van der Waals surface area (Å²) in [6.45, 7) is 11.0. The summed E-state index contributed by atoms with van der Waals surface area (Å²) in [5, 5.41) is 0. The van der Waals surface area contributed by atoms with E-state index >= 15 is 0 Å². The lowest BCUT2D eigenvalue weighted by molar-refractivity contribution is -0.132. The SMILES string of the molecule is CCN(CC)C(=O)CN1CCN(Cc2ccccc2OC)CC1. The molecule has 0 aliphatic carbocycles. The number of amides is 1. The molecule has 0 N–H and O–H groups in total. The fourth-order valence-corrected chi connectivity index (χ4v) is 3.05. The van der Waals surface area contributed by atoms with E-state index in [-0.39, 0.29) is 5.91 Å². The zero-order valence-corrected chi connectivity index (χ0v) is 14.6. The largest absolute Gasteiger partial charge is 0.496 e. The van der Waals surface area contributed by atoms with Gasteiger partial charge in [0.05, 0.1) is 13.7 Å². The van der Waals surface area contributed by atoms with Crippen molar-refractivity contribution >= 4 is 5.91 Å². The second-order valence-electron chi connectivity index (χ2n) is 5.93. The normalized spacial score (nSPS) is 16.3. The monoisotopic (exact) mass is 319 g/mol. The lowest BCUT2D eigenvalue weighted by Crippen LogP contribution is -2.49. The van der Waals surface area contributed by atoms with Crippen molar-refractivity contribution in [2.24, 2.45) is 0 Å². The van der Waals surface area contributed by atoms with Crippen LogP contribution in [0.25, 0.3) is 0 Å². The summed E-state index contributed by atoms with van der Waals surface area (Å²) in [6.07, 6.45) is 0. The minimum atomic E-state index is 0.244. The Morgan fingerprint density at radius 2 is 1.70 bits per heavy atom. The van der Waals surface area contributed by atoms with E-state index < -0.39 is 0 Å². The summed E-state index contributed by atoms with van der Waals surface area (Å²) in [4.78, 5) is 18.8. The van der Waals surface area contributed by atoms with Crippen LogP contribution in [0.2, 0.25) is 0 Å². The minimum absolute atomic E-state index is 0.244. The van der Waals surface area contributed by atoms with Crippen molar-refractivity contribution in [1.82, 2.24) is 14.7 Å². The number of hydrogen-bond donors (Lipinski definition) is 0. The third kappa shape index (κ3) is 4.94. The molecule has 0 aromatic heterocycles. The molecule has 0 saturated carbocycles. The summed E-state index contributed by atoms with van der Waals surface area (Å²) in [5.74, 6) is 1.19. The number of carbonyl (C=O) groups excluding carboxylic acids is 1. The quantitative estimate of drug-likeness (QED) is 0.766. The third-order valence-electron chi connectivity index (χ3n) is 4.53. The van der Waals surface area contributed by atoms with Crippen LogP contribution in [0.3, 0.4) is 0 Å². The van der Waals surface area contributed by atoms with Crippen molar-refractivity contribution in [3.8, 4) is 5.75 Å². The summed E-state index contributed by atoms with van der Waals surface area (Å²) < 4.78 is 5.42. The second kappa shape index (κ2) is 8.89. The number of ether oxygens (including phenoxy) is 1. The first-order chi connectivity index (χ1) is 11.2. The van der Waals surface area contributed by atoms with Gasteiger partial charge in [-0.15, -0.1) is 0 Å². The number of methoxy groups -OCH3 is 1. The van der Waals surface area contributed by atoms with Crippen LogP contribution in [0.1, 0.15) is 19.4 Å². The van der Waals surface area contributed by atoms with Crippen molar-refractivity contribution in [2.45, 2.75) is 20.4 Å². The molecule has 1 aliphatic heterocycles. The first kappa shape index (κ1) is 17.8. The highest BCUT2D eigenvalue weighted by molar-refractivity contribution is 5.78. The maximum absolute atomic E-state index is 12.2. The summed E-state index contributed by atoms with van der Waals surface area (Å²) in [7, 11) is 1.72. The molecule has 0 unspecified atom stereocenters. The van der Waals surface area contributed by atoms with Gasteiger partial charge in [0.15, 0.2) is 0 Å². The Balaban J connectivity index is 1.81. The van der Waals surface area contributed by atoms with Crippen LogP contribution >= 0.6 is 0 Å². The lowest BCUT2D eigenvalue weighted by atomic mass is 10.1. The van der Waals surface area contributed by atoms with Crippen LogP contribution < -0.4 is 4.74 Å². The standard InChI is InChI=1S/C18H29N3O2/c1-4-21(5-2)18(22)15-20-12-10-19(11-13-20)14-16-8-6-7-9-17(16)23-3/h6-9H,4-5,10-15H2,1-3H3. The van der Waals surface area contributed by atoms with Gasteiger partial charge in [0.25, 0.3) is 0 Å². The first-order valence-corrected chi connectivity index (χ1v) is 8.52. The van der Waals surface area contributed by atoms with Gasteiger partial charge < -0.3 is 9.64 Å². The Morgan fingerprint density at radius 1 is 1.09 bits per heavy atom. The topological polar surface area (TPSA) is 36.0 Å². The number of carbonyl (C=O) groups is 1. The highest BCUT2D eigenvalue weighted by Gasteiger charge is 2.21. The predicted octanol–water partition coefficient (Wildman–Crippen LogP) is 1.68. The molecule has 0 bridgehead atoms. The van der Waals surface area contributed by atoms with E-state index in [2.05, 4.69) is 21.9 Å². The maximum atomic E-state index is 12.2. The average Bonchev–Trinajstić information content (AvgIpc) is 2.58. The molecule has 0 radical (unpaired) electrons. The molecule has 5 nitrogen and oxygen atoms in total.